The van der Waals surface area contributed by atoms with E-state index < -0.39 is 5.54 Å². The Labute approximate surface area is 67.0 Å². The fourth-order valence-corrected chi connectivity index (χ4v) is 0.622. The van der Waals surface area contributed by atoms with Gasteiger partial charge in [-0.05, 0) is 20.9 Å². The molecule has 0 aromatic rings. The van der Waals surface area contributed by atoms with Crippen LogP contribution in [0.15, 0.2) is 0 Å². The number of aliphatic hydroxyl groups excluding tert-OH is 1. The zero-order valence-electron chi connectivity index (χ0n) is 7.27. The highest BCUT2D eigenvalue weighted by molar-refractivity contribution is 5.78. The van der Waals surface area contributed by atoms with Crippen molar-refractivity contribution >= 4 is 5.91 Å². The van der Waals surface area contributed by atoms with Crippen LogP contribution in [0.4, 0.5) is 0 Å². The lowest BCUT2D eigenvalue weighted by Gasteiger charge is -2.23. The predicted molar refractivity (Wildman–Crippen MR) is 43.2 cm³/mol. The summed E-state index contributed by atoms with van der Waals surface area (Å²) in [6.07, 6.45) is 0. The molecule has 1 amide bonds. The minimum Gasteiger partial charge on any atom is -0.394 e. The minimum atomic E-state index is -0.520. The summed E-state index contributed by atoms with van der Waals surface area (Å²) in [6.45, 7) is 3.76. The van der Waals surface area contributed by atoms with Gasteiger partial charge in [-0.3, -0.25) is 4.79 Å². The van der Waals surface area contributed by atoms with Gasteiger partial charge in [0.15, 0.2) is 0 Å². The van der Waals surface area contributed by atoms with Crippen molar-refractivity contribution in [1.82, 2.24) is 10.6 Å². The van der Waals surface area contributed by atoms with E-state index in [-0.39, 0.29) is 19.1 Å². The number of aliphatic hydroxyl groups is 1. The molecule has 0 atom stereocenters. The van der Waals surface area contributed by atoms with Crippen LogP contribution in [0.2, 0.25) is 0 Å². The molecule has 3 N–H and O–H groups in total. The van der Waals surface area contributed by atoms with Gasteiger partial charge in [-0.1, -0.05) is 0 Å². The summed E-state index contributed by atoms with van der Waals surface area (Å²) < 4.78 is 0. The molecule has 0 rings (SSSR count). The molecule has 0 aromatic carbocycles. The van der Waals surface area contributed by atoms with Crippen LogP contribution in [-0.4, -0.2) is 36.8 Å². The molecule has 0 radical (unpaired) electrons. The summed E-state index contributed by atoms with van der Waals surface area (Å²) in [5.41, 5.74) is -0.520. The standard InChI is InChI=1S/C7H16N2O2/c1-7(2,5-10)9-6(11)4-8-3/h8,10H,4-5H2,1-3H3,(H,9,11). The van der Waals surface area contributed by atoms with Crippen LogP contribution >= 0.6 is 0 Å². The van der Waals surface area contributed by atoms with Gasteiger partial charge in [-0.2, -0.15) is 0 Å². The van der Waals surface area contributed by atoms with E-state index in [4.69, 9.17) is 5.11 Å². The first-order valence-electron chi connectivity index (χ1n) is 3.58. The molecule has 0 saturated carbocycles. The number of rotatable bonds is 4. The fourth-order valence-electron chi connectivity index (χ4n) is 0.622. The number of likely N-dealkylation sites (N-methyl/N-ethyl adjacent to an activating group) is 1. The summed E-state index contributed by atoms with van der Waals surface area (Å²) >= 11 is 0. The van der Waals surface area contributed by atoms with Crippen LogP contribution in [0.1, 0.15) is 13.8 Å². The average Bonchev–Trinajstić information content (AvgIpc) is 1.87. The first-order valence-corrected chi connectivity index (χ1v) is 3.58. The van der Waals surface area contributed by atoms with Crippen molar-refractivity contribution in [2.75, 3.05) is 20.2 Å². The number of nitrogens with one attached hydrogen (secondary N) is 2. The van der Waals surface area contributed by atoms with Crippen molar-refractivity contribution in [3.63, 3.8) is 0 Å². The van der Waals surface area contributed by atoms with Crippen LogP contribution in [0.5, 0.6) is 0 Å². The van der Waals surface area contributed by atoms with Crippen molar-refractivity contribution < 1.29 is 9.90 Å². The number of carbonyl (C=O) groups excluding carboxylic acids is 1. The number of amides is 1. The van der Waals surface area contributed by atoms with E-state index in [1.807, 2.05) is 0 Å². The molecule has 4 heteroatoms. The molecule has 0 aliphatic heterocycles. The minimum absolute atomic E-state index is 0.0531. The Morgan fingerprint density at radius 3 is 2.45 bits per heavy atom. The molecule has 0 saturated heterocycles. The molecule has 0 aliphatic carbocycles. The summed E-state index contributed by atoms with van der Waals surface area (Å²) in [4.78, 5) is 10.9. The Morgan fingerprint density at radius 1 is 1.55 bits per heavy atom. The molecule has 0 heterocycles. The Bertz CT molecular complexity index is 134. The van der Waals surface area contributed by atoms with Crippen molar-refractivity contribution in [1.29, 1.82) is 0 Å². The lowest BCUT2D eigenvalue weighted by atomic mass is 10.1. The van der Waals surface area contributed by atoms with E-state index in [0.717, 1.165) is 0 Å². The van der Waals surface area contributed by atoms with Gasteiger partial charge in [0.05, 0.1) is 18.7 Å². The second-order valence-electron chi connectivity index (χ2n) is 3.12. The zero-order valence-corrected chi connectivity index (χ0v) is 7.27. The van der Waals surface area contributed by atoms with Gasteiger partial charge in [0.2, 0.25) is 5.91 Å². The zero-order chi connectivity index (χ0) is 8.91. The van der Waals surface area contributed by atoms with Crippen LogP contribution in [0.25, 0.3) is 0 Å². The van der Waals surface area contributed by atoms with Gasteiger partial charge < -0.3 is 15.7 Å². The van der Waals surface area contributed by atoms with E-state index >= 15 is 0 Å². The highest BCUT2D eigenvalue weighted by atomic mass is 16.3. The maximum atomic E-state index is 10.9. The van der Waals surface area contributed by atoms with E-state index in [1.54, 1.807) is 20.9 Å². The Balaban J connectivity index is 3.74. The van der Waals surface area contributed by atoms with Gasteiger partial charge in [0.1, 0.15) is 0 Å². The maximum Gasteiger partial charge on any atom is 0.234 e. The van der Waals surface area contributed by atoms with E-state index in [9.17, 15) is 4.79 Å². The lowest BCUT2D eigenvalue weighted by molar-refractivity contribution is -0.122. The lowest BCUT2D eigenvalue weighted by Crippen LogP contribution is -2.48. The average molecular weight is 160 g/mol. The second kappa shape index (κ2) is 4.31. The summed E-state index contributed by atoms with van der Waals surface area (Å²) in [5.74, 6) is -0.105. The molecule has 4 nitrogen and oxygen atoms in total. The quantitative estimate of drug-likeness (QED) is 0.499. The Morgan fingerprint density at radius 2 is 2.09 bits per heavy atom. The predicted octanol–water partition coefficient (Wildman–Crippen LogP) is -0.907. The van der Waals surface area contributed by atoms with Crippen molar-refractivity contribution in [2.45, 2.75) is 19.4 Å². The molecule has 0 fully saturated rings. The molecule has 66 valence electrons. The highest BCUT2D eigenvalue weighted by Gasteiger charge is 2.17. The van der Waals surface area contributed by atoms with E-state index in [2.05, 4.69) is 10.6 Å². The van der Waals surface area contributed by atoms with Crippen LogP contribution in [-0.2, 0) is 4.79 Å². The molecular weight excluding hydrogens is 144 g/mol. The molecule has 11 heavy (non-hydrogen) atoms. The third kappa shape index (κ3) is 4.75. The molecule has 0 unspecified atom stereocenters. The van der Waals surface area contributed by atoms with Gasteiger partial charge in [0, 0.05) is 0 Å². The fraction of sp³-hybridized carbons (Fsp3) is 0.857. The Hall–Kier alpha value is -0.610. The summed E-state index contributed by atoms with van der Waals surface area (Å²) in [7, 11) is 1.70. The largest absolute Gasteiger partial charge is 0.394 e. The van der Waals surface area contributed by atoms with Crippen LogP contribution in [0.3, 0.4) is 0 Å². The SMILES string of the molecule is CNCC(=O)NC(C)(C)CO. The van der Waals surface area contributed by atoms with Gasteiger partial charge in [0.25, 0.3) is 0 Å². The maximum absolute atomic E-state index is 10.9. The normalized spacial score (nSPS) is 11.3. The van der Waals surface area contributed by atoms with Gasteiger partial charge in [-0.25, -0.2) is 0 Å². The van der Waals surface area contributed by atoms with Crippen LogP contribution in [0, 0.1) is 0 Å². The third-order valence-electron chi connectivity index (χ3n) is 1.21. The number of carbonyl (C=O) groups is 1. The molecule has 0 aliphatic rings. The monoisotopic (exact) mass is 160 g/mol. The molecule has 0 spiro atoms. The van der Waals surface area contributed by atoms with Crippen molar-refractivity contribution in [3.05, 3.63) is 0 Å². The van der Waals surface area contributed by atoms with Crippen molar-refractivity contribution in [2.24, 2.45) is 0 Å². The molecule has 0 aromatic heterocycles. The highest BCUT2D eigenvalue weighted by Crippen LogP contribution is 1.98. The number of hydrogen-bond acceptors (Lipinski definition) is 3. The number of hydrogen-bond donors (Lipinski definition) is 3. The summed E-state index contributed by atoms with van der Waals surface area (Å²) in [6, 6.07) is 0. The smallest absolute Gasteiger partial charge is 0.234 e. The van der Waals surface area contributed by atoms with E-state index in [1.165, 1.54) is 0 Å². The topological polar surface area (TPSA) is 61.4 Å². The van der Waals surface area contributed by atoms with Crippen LogP contribution < -0.4 is 10.6 Å². The van der Waals surface area contributed by atoms with Crippen molar-refractivity contribution in [3.8, 4) is 0 Å². The first-order chi connectivity index (χ1) is 5.02. The van der Waals surface area contributed by atoms with Gasteiger partial charge >= 0.3 is 0 Å². The third-order valence-corrected chi connectivity index (χ3v) is 1.21. The second-order valence-corrected chi connectivity index (χ2v) is 3.12. The molecule has 0 bridgehead atoms. The first kappa shape index (κ1) is 10.4. The molecular formula is C7H16N2O2. The van der Waals surface area contributed by atoms with E-state index in [0.29, 0.717) is 0 Å². The summed E-state index contributed by atoms with van der Waals surface area (Å²) in [5, 5.41) is 14.2. The Kier molecular flexibility index (Phi) is 4.07. The van der Waals surface area contributed by atoms with Gasteiger partial charge in [-0.15, -0.1) is 0 Å².